The minimum absolute atomic E-state index is 0.381. The van der Waals surface area contributed by atoms with Crippen LogP contribution >= 0.6 is 11.3 Å². The van der Waals surface area contributed by atoms with Gasteiger partial charge in [-0.1, -0.05) is 30.4 Å². The molecule has 1 aromatic carbocycles. The first-order chi connectivity index (χ1) is 12.3. The van der Waals surface area contributed by atoms with Crippen molar-refractivity contribution in [3.05, 3.63) is 58.3 Å². The van der Waals surface area contributed by atoms with E-state index in [9.17, 15) is 4.79 Å². The van der Waals surface area contributed by atoms with Gasteiger partial charge in [-0.3, -0.25) is 5.43 Å². The summed E-state index contributed by atoms with van der Waals surface area (Å²) >= 11 is 1.41. The minimum Gasteiger partial charge on any atom is -0.422 e. The van der Waals surface area contributed by atoms with Gasteiger partial charge in [0.15, 0.2) is 0 Å². The van der Waals surface area contributed by atoms with Gasteiger partial charge in [-0.15, -0.1) is 11.3 Å². The fourth-order valence-corrected chi connectivity index (χ4v) is 3.50. The van der Waals surface area contributed by atoms with Crippen molar-refractivity contribution in [3.8, 4) is 11.3 Å². The van der Waals surface area contributed by atoms with Gasteiger partial charge in [-0.05, 0) is 37.3 Å². The van der Waals surface area contributed by atoms with Crippen molar-refractivity contribution in [1.82, 2.24) is 4.98 Å². The van der Waals surface area contributed by atoms with Crippen LogP contribution in [0.2, 0.25) is 0 Å². The molecule has 1 aliphatic rings. The molecule has 0 unspecified atom stereocenters. The smallest absolute Gasteiger partial charge is 0.345 e. The van der Waals surface area contributed by atoms with Gasteiger partial charge in [-0.25, -0.2) is 9.78 Å². The van der Waals surface area contributed by atoms with Gasteiger partial charge in [0.2, 0.25) is 5.13 Å². The average Bonchev–Trinajstić information content (AvgIpc) is 3.11. The lowest BCUT2D eigenvalue weighted by Crippen LogP contribution is -2.05. The molecule has 4 rings (SSSR count). The van der Waals surface area contributed by atoms with E-state index in [1.54, 1.807) is 6.07 Å². The van der Waals surface area contributed by atoms with Crippen molar-refractivity contribution in [1.29, 1.82) is 0 Å². The topological polar surface area (TPSA) is 67.5 Å². The summed E-state index contributed by atoms with van der Waals surface area (Å²) in [5.41, 5.74) is 4.22. The third-order valence-corrected chi connectivity index (χ3v) is 4.92. The minimum atomic E-state index is -0.381. The Hall–Kier alpha value is -2.73. The molecule has 1 atom stereocenters. The van der Waals surface area contributed by atoms with Crippen molar-refractivity contribution < 1.29 is 4.42 Å². The second-order valence-corrected chi connectivity index (χ2v) is 6.82. The number of para-hydroxylation sites is 1. The molecule has 0 aliphatic heterocycles. The number of aromatic nitrogens is 1. The maximum Gasteiger partial charge on any atom is 0.345 e. The highest BCUT2D eigenvalue weighted by atomic mass is 32.1. The first-order valence-corrected chi connectivity index (χ1v) is 9.10. The van der Waals surface area contributed by atoms with Crippen LogP contribution in [-0.2, 0) is 0 Å². The van der Waals surface area contributed by atoms with Crippen molar-refractivity contribution in [3.63, 3.8) is 0 Å². The Bertz CT molecular complexity index is 1000. The zero-order valence-electron chi connectivity index (χ0n) is 13.5. The van der Waals surface area contributed by atoms with Crippen LogP contribution in [0.15, 0.2) is 62.2 Å². The summed E-state index contributed by atoms with van der Waals surface area (Å²) in [6, 6.07) is 9.27. The summed E-state index contributed by atoms with van der Waals surface area (Å²) in [7, 11) is 0. The van der Waals surface area contributed by atoms with Gasteiger partial charge in [0.1, 0.15) is 5.58 Å². The highest BCUT2D eigenvalue weighted by Crippen LogP contribution is 2.25. The Morgan fingerprint density at radius 2 is 2.24 bits per heavy atom. The maximum atomic E-state index is 12.2. The van der Waals surface area contributed by atoms with Gasteiger partial charge in [0.05, 0.1) is 11.3 Å². The Morgan fingerprint density at radius 1 is 1.32 bits per heavy atom. The van der Waals surface area contributed by atoms with Crippen LogP contribution in [0.25, 0.3) is 22.2 Å². The monoisotopic (exact) mass is 351 g/mol. The number of hydrogen-bond donors (Lipinski definition) is 1. The van der Waals surface area contributed by atoms with Crippen LogP contribution in [0.4, 0.5) is 5.13 Å². The largest absolute Gasteiger partial charge is 0.422 e. The maximum absolute atomic E-state index is 12.2. The third kappa shape index (κ3) is 3.53. The first kappa shape index (κ1) is 15.8. The molecule has 0 saturated heterocycles. The van der Waals surface area contributed by atoms with E-state index in [0.29, 0.717) is 27.9 Å². The van der Waals surface area contributed by atoms with Gasteiger partial charge in [0, 0.05) is 17.0 Å². The Morgan fingerprint density at radius 3 is 3.12 bits per heavy atom. The van der Waals surface area contributed by atoms with Crippen LogP contribution < -0.4 is 11.1 Å². The summed E-state index contributed by atoms with van der Waals surface area (Å²) in [5.74, 6) is 0.476. The fraction of sp³-hybridized carbons (Fsp3) is 0.211. The van der Waals surface area contributed by atoms with Crippen LogP contribution in [0.1, 0.15) is 19.3 Å². The van der Waals surface area contributed by atoms with Crippen molar-refractivity contribution >= 4 is 33.7 Å². The molecule has 0 saturated carbocycles. The van der Waals surface area contributed by atoms with E-state index in [1.807, 2.05) is 35.9 Å². The van der Waals surface area contributed by atoms with E-state index < -0.39 is 0 Å². The van der Waals surface area contributed by atoms with E-state index in [1.165, 1.54) is 11.3 Å². The quantitative estimate of drug-likeness (QED) is 0.321. The summed E-state index contributed by atoms with van der Waals surface area (Å²) in [6.45, 7) is 0. The van der Waals surface area contributed by atoms with Crippen molar-refractivity contribution in [2.24, 2.45) is 11.0 Å². The molecular formula is C19H17N3O2S. The predicted octanol–water partition coefficient (Wildman–Crippen LogP) is 4.67. The molecule has 2 heterocycles. The lowest BCUT2D eigenvalue weighted by Gasteiger charge is -2.11. The standard InChI is InChI=1S/C19H17N3O2S/c23-18-15(10-14-8-4-5-9-17(14)24-18)16-12-25-19(21-16)22-20-11-13-6-2-1-3-7-13/h1-2,4-5,8-13H,3,6-7H2,(H,21,22)/b20-11-/t13-/m1/s1. The van der Waals surface area contributed by atoms with E-state index in [-0.39, 0.29) is 5.63 Å². The van der Waals surface area contributed by atoms with Crippen molar-refractivity contribution in [2.75, 3.05) is 5.43 Å². The number of nitrogens with zero attached hydrogens (tertiary/aromatic N) is 2. The highest BCUT2D eigenvalue weighted by molar-refractivity contribution is 7.14. The molecule has 0 bridgehead atoms. The molecule has 126 valence electrons. The van der Waals surface area contributed by atoms with Gasteiger partial charge in [-0.2, -0.15) is 5.10 Å². The Labute approximate surface area is 148 Å². The van der Waals surface area contributed by atoms with Gasteiger partial charge in [0.25, 0.3) is 0 Å². The zero-order chi connectivity index (χ0) is 17.1. The molecular weight excluding hydrogens is 334 g/mol. The molecule has 6 heteroatoms. The molecule has 0 amide bonds. The van der Waals surface area contributed by atoms with E-state index in [2.05, 4.69) is 27.7 Å². The predicted molar refractivity (Wildman–Crippen MR) is 102 cm³/mol. The summed E-state index contributed by atoms with van der Waals surface area (Å²) < 4.78 is 5.37. The fourth-order valence-electron chi connectivity index (χ4n) is 2.84. The normalized spacial score (nSPS) is 17.4. The van der Waals surface area contributed by atoms with E-state index >= 15 is 0 Å². The Kier molecular flexibility index (Phi) is 4.43. The van der Waals surface area contributed by atoms with Crippen LogP contribution in [0.3, 0.4) is 0 Å². The first-order valence-electron chi connectivity index (χ1n) is 8.22. The molecule has 0 spiro atoms. The van der Waals surface area contributed by atoms with Crippen LogP contribution in [0, 0.1) is 5.92 Å². The molecule has 5 nitrogen and oxygen atoms in total. The van der Waals surface area contributed by atoms with E-state index in [0.717, 1.165) is 24.6 Å². The van der Waals surface area contributed by atoms with Gasteiger partial charge >= 0.3 is 5.63 Å². The summed E-state index contributed by atoms with van der Waals surface area (Å²) in [5, 5.41) is 7.65. The number of nitrogens with one attached hydrogen (secondary N) is 1. The van der Waals surface area contributed by atoms with Gasteiger partial charge < -0.3 is 4.42 Å². The molecule has 1 N–H and O–H groups in total. The number of hydrogen-bond acceptors (Lipinski definition) is 6. The molecule has 1 aliphatic carbocycles. The molecule has 2 aromatic heterocycles. The average molecular weight is 351 g/mol. The number of thiazole rings is 1. The number of fused-ring (bicyclic) bond motifs is 1. The van der Waals surface area contributed by atoms with E-state index in [4.69, 9.17) is 4.42 Å². The highest BCUT2D eigenvalue weighted by Gasteiger charge is 2.11. The number of benzene rings is 1. The number of anilines is 1. The number of hydrazone groups is 1. The molecule has 0 fully saturated rings. The zero-order valence-corrected chi connectivity index (χ0v) is 14.3. The number of allylic oxidation sites excluding steroid dienone is 2. The van der Waals surface area contributed by atoms with Crippen LogP contribution in [-0.4, -0.2) is 11.2 Å². The van der Waals surface area contributed by atoms with Crippen molar-refractivity contribution in [2.45, 2.75) is 19.3 Å². The lowest BCUT2D eigenvalue weighted by atomic mass is 9.96. The summed E-state index contributed by atoms with van der Waals surface area (Å²) in [4.78, 5) is 16.7. The Balaban J connectivity index is 1.53. The lowest BCUT2D eigenvalue weighted by molar-refractivity contribution is 0.563. The molecule has 0 radical (unpaired) electrons. The van der Waals surface area contributed by atoms with Crippen LogP contribution in [0.5, 0.6) is 0 Å². The number of rotatable bonds is 4. The SMILES string of the molecule is O=c1oc2ccccc2cc1-c1csc(N/N=C\[C@@H]2CC=CCC2)n1. The summed E-state index contributed by atoms with van der Waals surface area (Å²) in [6.07, 6.45) is 9.61. The molecule has 3 aromatic rings. The second kappa shape index (κ2) is 7.03. The second-order valence-electron chi connectivity index (χ2n) is 5.96. The third-order valence-electron chi connectivity index (χ3n) is 4.18. The molecule has 25 heavy (non-hydrogen) atoms.